The van der Waals surface area contributed by atoms with E-state index in [4.69, 9.17) is 11.6 Å². The Morgan fingerprint density at radius 3 is 2.78 bits per heavy atom. The first-order valence-electron chi connectivity index (χ1n) is 7.12. The van der Waals surface area contributed by atoms with Crippen LogP contribution in [-0.2, 0) is 5.75 Å². The number of benzene rings is 2. The second kappa shape index (κ2) is 7.15. The maximum atomic E-state index is 12.9. The molecule has 0 atom stereocenters. The first-order chi connectivity index (χ1) is 11.1. The molecule has 0 N–H and O–H groups in total. The Labute approximate surface area is 143 Å². The molecule has 0 bridgehead atoms. The molecule has 1 amide bonds. The van der Waals surface area contributed by atoms with Crippen LogP contribution in [0.3, 0.4) is 0 Å². The second-order valence-corrected chi connectivity index (χ2v) is 6.43. The normalized spacial score (nSPS) is 14.0. The van der Waals surface area contributed by atoms with Crippen molar-refractivity contribution >= 4 is 34.4 Å². The Bertz CT molecular complexity index is 749. The van der Waals surface area contributed by atoms with Crippen LogP contribution >= 0.6 is 23.4 Å². The number of hydrogen-bond donors (Lipinski definition) is 0. The number of halogens is 2. The molecule has 0 aliphatic carbocycles. The highest BCUT2D eigenvalue weighted by Gasteiger charge is 2.25. The number of amides is 1. The van der Waals surface area contributed by atoms with Crippen molar-refractivity contribution in [2.24, 2.45) is 4.99 Å². The first kappa shape index (κ1) is 16.0. The molecule has 1 aliphatic rings. The van der Waals surface area contributed by atoms with E-state index < -0.39 is 0 Å². The lowest BCUT2D eigenvalue weighted by Crippen LogP contribution is -2.32. The third-order valence-corrected chi connectivity index (χ3v) is 4.72. The van der Waals surface area contributed by atoms with Crippen LogP contribution in [0, 0.1) is 5.82 Å². The van der Waals surface area contributed by atoms with Gasteiger partial charge in [0.05, 0.1) is 6.54 Å². The molecule has 118 valence electrons. The van der Waals surface area contributed by atoms with Crippen LogP contribution < -0.4 is 0 Å². The second-order valence-electron chi connectivity index (χ2n) is 5.05. The zero-order chi connectivity index (χ0) is 16.2. The van der Waals surface area contributed by atoms with Crippen molar-refractivity contribution in [2.75, 3.05) is 13.1 Å². The lowest BCUT2D eigenvalue weighted by Gasteiger charge is -2.18. The van der Waals surface area contributed by atoms with Gasteiger partial charge in [0.15, 0.2) is 5.17 Å². The minimum Gasteiger partial charge on any atom is -0.286 e. The Morgan fingerprint density at radius 2 is 2.04 bits per heavy atom. The van der Waals surface area contributed by atoms with E-state index in [1.807, 2.05) is 0 Å². The minimum atomic E-state index is -0.255. The summed E-state index contributed by atoms with van der Waals surface area (Å²) in [7, 11) is 0. The maximum Gasteiger partial charge on any atom is 0.259 e. The largest absolute Gasteiger partial charge is 0.286 e. The van der Waals surface area contributed by atoms with Gasteiger partial charge in [0.25, 0.3) is 5.91 Å². The van der Waals surface area contributed by atoms with Gasteiger partial charge < -0.3 is 0 Å². The van der Waals surface area contributed by atoms with Gasteiger partial charge in [0, 0.05) is 22.9 Å². The summed E-state index contributed by atoms with van der Waals surface area (Å²) in [5.41, 5.74) is 1.54. The molecule has 0 saturated carbocycles. The molecule has 3 rings (SSSR count). The fourth-order valence-electron chi connectivity index (χ4n) is 2.24. The lowest BCUT2D eigenvalue weighted by atomic mass is 10.2. The van der Waals surface area contributed by atoms with E-state index in [9.17, 15) is 9.18 Å². The summed E-state index contributed by atoms with van der Waals surface area (Å²) in [6, 6.07) is 13.2. The van der Waals surface area contributed by atoms with Crippen LogP contribution in [-0.4, -0.2) is 29.1 Å². The molecule has 0 spiro atoms. The van der Waals surface area contributed by atoms with Crippen LogP contribution in [0.5, 0.6) is 0 Å². The molecule has 0 radical (unpaired) electrons. The molecular formula is C17H14ClFN2OS. The highest BCUT2D eigenvalue weighted by atomic mass is 35.5. The standard InChI is InChI=1S/C17H14ClFN2OS/c18-14-3-1-2-13(10-14)16(22)21-9-8-20-17(21)23-11-12-4-6-15(19)7-5-12/h1-7,10H,8-9,11H2. The summed E-state index contributed by atoms with van der Waals surface area (Å²) in [6.45, 7) is 1.16. The molecule has 0 unspecified atom stereocenters. The third-order valence-electron chi connectivity index (χ3n) is 3.40. The van der Waals surface area contributed by atoms with Gasteiger partial charge in [-0.3, -0.25) is 14.7 Å². The Balaban J connectivity index is 1.67. The van der Waals surface area contributed by atoms with Crippen molar-refractivity contribution in [3.63, 3.8) is 0 Å². The van der Waals surface area contributed by atoms with Gasteiger partial charge >= 0.3 is 0 Å². The van der Waals surface area contributed by atoms with Gasteiger partial charge in [-0.15, -0.1) is 0 Å². The minimum absolute atomic E-state index is 0.102. The number of nitrogens with zero attached hydrogens (tertiary/aromatic N) is 2. The molecule has 3 nitrogen and oxygen atoms in total. The summed E-state index contributed by atoms with van der Waals surface area (Å²) >= 11 is 7.43. The number of carbonyl (C=O) groups is 1. The SMILES string of the molecule is O=C(c1cccc(Cl)c1)N1CCN=C1SCc1ccc(F)cc1. The van der Waals surface area contributed by atoms with E-state index >= 15 is 0 Å². The average molecular weight is 349 g/mol. The summed E-state index contributed by atoms with van der Waals surface area (Å²) in [5, 5.41) is 1.23. The molecule has 2 aromatic carbocycles. The van der Waals surface area contributed by atoms with Gasteiger partial charge in [0.2, 0.25) is 0 Å². The molecule has 0 fully saturated rings. The predicted octanol–water partition coefficient (Wildman–Crippen LogP) is 4.22. The number of rotatable bonds is 3. The smallest absolute Gasteiger partial charge is 0.259 e. The van der Waals surface area contributed by atoms with Gasteiger partial charge in [-0.2, -0.15) is 0 Å². The Hall–Kier alpha value is -1.85. The van der Waals surface area contributed by atoms with Crippen molar-refractivity contribution in [2.45, 2.75) is 5.75 Å². The maximum absolute atomic E-state index is 12.9. The fraction of sp³-hybridized carbons (Fsp3) is 0.176. The highest BCUT2D eigenvalue weighted by Crippen LogP contribution is 2.22. The van der Waals surface area contributed by atoms with Crippen molar-refractivity contribution in [1.29, 1.82) is 0 Å². The van der Waals surface area contributed by atoms with E-state index in [0.717, 1.165) is 5.56 Å². The highest BCUT2D eigenvalue weighted by molar-refractivity contribution is 8.13. The molecule has 0 saturated heterocycles. The number of amidine groups is 1. The van der Waals surface area contributed by atoms with Crippen LogP contribution in [0.25, 0.3) is 0 Å². The number of thioether (sulfide) groups is 1. The molecule has 1 heterocycles. The van der Waals surface area contributed by atoms with Crippen molar-refractivity contribution < 1.29 is 9.18 Å². The summed E-state index contributed by atoms with van der Waals surface area (Å²) in [6.07, 6.45) is 0. The van der Waals surface area contributed by atoms with E-state index in [1.165, 1.54) is 23.9 Å². The van der Waals surface area contributed by atoms with Crippen molar-refractivity contribution in [1.82, 2.24) is 4.90 Å². The molecule has 0 aromatic heterocycles. The Morgan fingerprint density at radius 1 is 1.26 bits per heavy atom. The summed E-state index contributed by atoms with van der Waals surface area (Å²) in [4.78, 5) is 18.7. The average Bonchev–Trinajstić information content (AvgIpc) is 3.02. The molecular weight excluding hydrogens is 335 g/mol. The zero-order valence-corrected chi connectivity index (χ0v) is 13.8. The van der Waals surface area contributed by atoms with Gasteiger partial charge in [-0.25, -0.2) is 4.39 Å². The van der Waals surface area contributed by atoms with E-state index in [2.05, 4.69) is 4.99 Å². The number of carbonyl (C=O) groups excluding carboxylic acids is 1. The first-order valence-corrected chi connectivity index (χ1v) is 8.49. The third kappa shape index (κ3) is 3.92. The van der Waals surface area contributed by atoms with Crippen LogP contribution in [0.1, 0.15) is 15.9 Å². The van der Waals surface area contributed by atoms with Gasteiger partial charge in [-0.05, 0) is 35.9 Å². The van der Waals surface area contributed by atoms with Gasteiger partial charge in [-0.1, -0.05) is 41.6 Å². The lowest BCUT2D eigenvalue weighted by molar-refractivity contribution is 0.0860. The molecule has 1 aliphatic heterocycles. The number of aliphatic imine (C=N–C) groups is 1. The molecule has 2 aromatic rings. The van der Waals surface area contributed by atoms with Crippen LogP contribution in [0.2, 0.25) is 5.02 Å². The monoisotopic (exact) mass is 348 g/mol. The topological polar surface area (TPSA) is 32.7 Å². The van der Waals surface area contributed by atoms with E-state index in [-0.39, 0.29) is 11.7 Å². The predicted molar refractivity (Wildman–Crippen MR) is 92.5 cm³/mol. The van der Waals surface area contributed by atoms with E-state index in [0.29, 0.717) is 34.6 Å². The van der Waals surface area contributed by atoms with Crippen molar-refractivity contribution in [3.05, 3.63) is 70.5 Å². The van der Waals surface area contributed by atoms with E-state index in [1.54, 1.807) is 41.3 Å². The quantitative estimate of drug-likeness (QED) is 0.831. The van der Waals surface area contributed by atoms with Crippen LogP contribution in [0.15, 0.2) is 53.5 Å². The van der Waals surface area contributed by atoms with Gasteiger partial charge in [0.1, 0.15) is 5.82 Å². The molecule has 23 heavy (non-hydrogen) atoms. The summed E-state index contributed by atoms with van der Waals surface area (Å²) < 4.78 is 12.9. The van der Waals surface area contributed by atoms with Crippen LogP contribution in [0.4, 0.5) is 4.39 Å². The number of hydrogen-bond acceptors (Lipinski definition) is 3. The Kier molecular flexibility index (Phi) is 4.98. The molecule has 6 heteroatoms. The summed E-state index contributed by atoms with van der Waals surface area (Å²) in [5.74, 6) is 0.281. The fourth-order valence-corrected chi connectivity index (χ4v) is 3.44. The van der Waals surface area contributed by atoms with Crippen molar-refractivity contribution in [3.8, 4) is 0 Å². The zero-order valence-electron chi connectivity index (χ0n) is 12.2.